The van der Waals surface area contributed by atoms with Crippen molar-refractivity contribution in [1.82, 2.24) is 5.32 Å². The molecule has 414 valence electrons. The van der Waals surface area contributed by atoms with Crippen LogP contribution >= 0.6 is 0 Å². The molecule has 3 N–H and O–H groups in total. The fourth-order valence-corrected chi connectivity index (χ4v) is 9.87. The highest BCUT2D eigenvalue weighted by molar-refractivity contribution is 5.76. The highest BCUT2D eigenvalue weighted by Gasteiger charge is 2.20. The molecule has 0 aliphatic carbocycles. The molecule has 0 fully saturated rings. The normalized spacial score (nSPS) is 12.7. The summed E-state index contributed by atoms with van der Waals surface area (Å²) < 4.78 is 5.48. The van der Waals surface area contributed by atoms with Crippen LogP contribution in [0.4, 0.5) is 0 Å². The molecule has 70 heavy (non-hydrogen) atoms. The van der Waals surface area contributed by atoms with Crippen LogP contribution in [0.25, 0.3) is 0 Å². The molecule has 0 aromatic heterocycles. The van der Waals surface area contributed by atoms with Crippen LogP contribution in [0.2, 0.25) is 0 Å². The van der Waals surface area contributed by atoms with Crippen molar-refractivity contribution in [3.63, 3.8) is 0 Å². The standard InChI is InChI=1S/C64H123NO5/c1-3-5-7-9-11-13-15-17-28-32-36-40-44-48-52-56-62(67)61(60-66)65-63(68)57-53-49-45-41-37-33-30-26-24-22-20-19-21-23-25-27-31-35-39-43-47-51-55-59-70-64(69)58-54-50-46-42-38-34-29-18-16-14-12-10-8-6-4-2/h18,22,24,29,61-62,66-67H,3-17,19-21,23,25-28,30-60H2,1-2H3,(H,65,68)/b24-22-,29-18-. The zero-order chi connectivity index (χ0) is 50.7. The SMILES string of the molecule is CCCCCCCC/C=C\CCCCCCCC(=O)OCCCCCCCCCCCCCC/C=C\CCCCCCCCCC(=O)NC(CO)C(O)CCCCCCCCCCCCCCCCC. The van der Waals surface area contributed by atoms with Crippen LogP contribution in [0, 0.1) is 0 Å². The number of aliphatic hydroxyl groups is 2. The molecule has 6 heteroatoms. The van der Waals surface area contributed by atoms with Gasteiger partial charge >= 0.3 is 5.97 Å². The summed E-state index contributed by atoms with van der Waals surface area (Å²) >= 11 is 0. The lowest BCUT2D eigenvalue weighted by atomic mass is 10.0. The molecule has 6 nitrogen and oxygen atoms in total. The van der Waals surface area contributed by atoms with Gasteiger partial charge in [0.1, 0.15) is 0 Å². The second kappa shape index (κ2) is 59.9. The van der Waals surface area contributed by atoms with Gasteiger partial charge in [0.25, 0.3) is 0 Å². The van der Waals surface area contributed by atoms with Gasteiger partial charge in [-0.25, -0.2) is 0 Å². The predicted octanol–water partition coefficient (Wildman–Crippen LogP) is 19.8. The maximum Gasteiger partial charge on any atom is 0.305 e. The molecule has 1 amide bonds. The molecule has 0 saturated carbocycles. The number of aliphatic hydroxyl groups excluding tert-OH is 2. The van der Waals surface area contributed by atoms with Crippen molar-refractivity contribution in [2.24, 2.45) is 0 Å². The first-order valence-corrected chi connectivity index (χ1v) is 31.6. The third-order valence-corrected chi connectivity index (χ3v) is 14.7. The number of rotatable bonds is 59. The minimum atomic E-state index is -0.668. The van der Waals surface area contributed by atoms with E-state index in [1.807, 2.05) is 0 Å². The Morgan fingerprint density at radius 2 is 0.671 bits per heavy atom. The van der Waals surface area contributed by atoms with E-state index < -0.39 is 12.1 Å². The Morgan fingerprint density at radius 1 is 0.386 bits per heavy atom. The number of hydrogen-bond donors (Lipinski definition) is 3. The average molecular weight is 987 g/mol. The molecule has 0 heterocycles. The molecule has 0 spiro atoms. The minimum absolute atomic E-state index is 0.00399. The second-order valence-corrected chi connectivity index (χ2v) is 21.7. The molecule has 0 bridgehead atoms. The average Bonchev–Trinajstić information content (AvgIpc) is 3.36. The van der Waals surface area contributed by atoms with E-state index in [-0.39, 0.29) is 18.5 Å². The van der Waals surface area contributed by atoms with E-state index >= 15 is 0 Å². The predicted molar refractivity (Wildman–Crippen MR) is 306 cm³/mol. The van der Waals surface area contributed by atoms with Crippen LogP contribution in [0.3, 0.4) is 0 Å². The van der Waals surface area contributed by atoms with Crippen LogP contribution < -0.4 is 5.32 Å². The molecule has 0 radical (unpaired) electrons. The Kier molecular flexibility index (Phi) is 58.5. The monoisotopic (exact) mass is 986 g/mol. The quantitative estimate of drug-likeness (QED) is 0.0321. The number of carbonyl (C=O) groups excluding carboxylic acids is 2. The van der Waals surface area contributed by atoms with Gasteiger partial charge in [0.2, 0.25) is 5.91 Å². The summed E-state index contributed by atoms with van der Waals surface area (Å²) in [6.07, 6.45) is 73.3. The van der Waals surface area contributed by atoms with Gasteiger partial charge in [-0.1, -0.05) is 282 Å². The van der Waals surface area contributed by atoms with Crippen LogP contribution in [0.5, 0.6) is 0 Å². The Hall–Kier alpha value is -1.66. The van der Waals surface area contributed by atoms with E-state index in [0.717, 1.165) is 44.9 Å². The maximum atomic E-state index is 12.5. The van der Waals surface area contributed by atoms with E-state index in [4.69, 9.17) is 4.74 Å². The van der Waals surface area contributed by atoms with Gasteiger partial charge < -0.3 is 20.3 Å². The molecule has 2 atom stereocenters. The molecule has 0 aromatic rings. The number of ether oxygens (including phenoxy) is 1. The van der Waals surface area contributed by atoms with Gasteiger partial charge in [-0.3, -0.25) is 9.59 Å². The number of amides is 1. The number of allylic oxidation sites excluding steroid dienone is 4. The minimum Gasteiger partial charge on any atom is -0.466 e. The highest BCUT2D eigenvalue weighted by Crippen LogP contribution is 2.17. The Labute approximate surface area is 437 Å². The number of hydrogen-bond acceptors (Lipinski definition) is 5. The summed E-state index contributed by atoms with van der Waals surface area (Å²) in [6, 6.07) is -0.546. The van der Waals surface area contributed by atoms with Crippen molar-refractivity contribution in [3.05, 3.63) is 24.3 Å². The molecule has 2 unspecified atom stereocenters. The zero-order valence-corrected chi connectivity index (χ0v) is 47.3. The Bertz CT molecular complexity index is 1090. The van der Waals surface area contributed by atoms with Crippen LogP contribution in [-0.4, -0.2) is 47.4 Å². The fraction of sp³-hybridized carbons (Fsp3) is 0.906. The van der Waals surface area contributed by atoms with Crippen molar-refractivity contribution < 1.29 is 24.5 Å². The largest absolute Gasteiger partial charge is 0.466 e. The van der Waals surface area contributed by atoms with Crippen LogP contribution in [0.1, 0.15) is 348 Å². The van der Waals surface area contributed by atoms with Gasteiger partial charge in [-0.2, -0.15) is 0 Å². The van der Waals surface area contributed by atoms with E-state index in [1.54, 1.807) is 0 Å². The number of esters is 1. The van der Waals surface area contributed by atoms with E-state index in [0.29, 0.717) is 25.9 Å². The van der Waals surface area contributed by atoms with Crippen molar-refractivity contribution >= 4 is 11.9 Å². The molecular weight excluding hydrogens is 863 g/mol. The first-order valence-electron chi connectivity index (χ1n) is 31.6. The zero-order valence-electron chi connectivity index (χ0n) is 47.3. The Balaban J connectivity index is 3.40. The molecule has 0 aliphatic heterocycles. The number of nitrogens with one attached hydrogen (secondary N) is 1. The number of carbonyl (C=O) groups is 2. The lowest BCUT2D eigenvalue weighted by Gasteiger charge is -2.22. The van der Waals surface area contributed by atoms with Gasteiger partial charge in [0.05, 0.1) is 25.4 Å². The maximum absolute atomic E-state index is 12.5. The smallest absolute Gasteiger partial charge is 0.305 e. The van der Waals surface area contributed by atoms with Crippen molar-refractivity contribution in [2.45, 2.75) is 360 Å². The van der Waals surface area contributed by atoms with E-state index in [2.05, 4.69) is 43.5 Å². The lowest BCUT2D eigenvalue weighted by molar-refractivity contribution is -0.143. The van der Waals surface area contributed by atoms with E-state index in [9.17, 15) is 19.8 Å². The van der Waals surface area contributed by atoms with E-state index in [1.165, 1.54) is 270 Å². The topological polar surface area (TPSA) is 95.9 Å². The van der Waals surface area contributed by atoms with Gasteiger partial charge in [-0.05, 0) is 77.0 Å². The summed E-state index contributed by atoms with van der Waals surface area (Å²) in [7, 11) is 0. The number of unbranched alkanes of at least 4 members (excludes halogenated alkanes) is 44. The first kappa shape index (κ1) is 68.3. The third kappa shape index (κ3) is 55.7. The van der Waals surface area contributed by atoms with Gasteiger partial charge in [0.15, 0.2) is 0 Å². The molecule has 0 rings (SSSR count). The molecule has 0 aromatic carbocycles. The van der Waals surface area contributed by atoms with Crippen LogP contribution in [0.15, 0.2) is 24.3 Å². The second-order valence-electron chi connectivity index (χ2n) is 21.7. The molecule has 0 saturated heterocycles. The summed E-state index contributed by atoms with van der Waals surface area (Å²) in [5.41, 5.74) is 0. The molecular formula is C64H123NO5. The summed E-state index contributed by atoms with van der Waals surface area (Å²) in [4.78, 5) is 24.5. The first-order chi connectivity index (χ1) is 34.5. The fourth-order valence-electron chi connectivity index (χ4n) is 9.87. The summed E-state index contributed by atoms with van der Waals surface area (Å²) in [5.74, 6) is -0.0355. The van der Waals surface area contributed by atoms with Gasteiger partial charge in [0, 0.05) is 12.8 Å². The van der Waals surface area contributed by atoms with Crippen molar-refractivity contribution in [1.29, 1.82) is 0 Å². The van der Waals surface area contributed by atoms with Crippen LogP contribution in [-0.2, 0) is 14.3 Å². The van der Waals surface area contributed by atoms with Gasteiger partial charge in [-0.15, -0.1) is 0 Å². The Morgan fingerprint density at radius 3 is 1.01 bits per heavy atom. The van der Waals surface area contributed by atoms with Crippen molar-refractivity contribution in [2.75, 3.05) is 13.2 Å². The molecule has 0 aliphatic rings. The van der Waals surface area contributed by atoms with Crippen molar-refractivity contribution in [3.8, 4) is 0 Å². The highest BCUT2D eigenvalue weighted by atomic mass is 16.5. The summed E-state index contributed by atoms with van der Waals surface area (Å²) in [5, 5.41) is 23.3. The third-order valence-electron chi connectivity index (χ3n) is 14.7. The lowest BCUT2D eigenvalue weighted by Crippen LogP contribution is -2.45. The summed E-state index contributed by atoms with van der Waals surface area (Å²) in [6.45, 7) is 4.96.